The van der Waals surface area contributed by atoms with Crippen molar-refractivity contribution in [3.63, 3.8) is 0 Å². The summed E-state index contributed by atoms with van der Waals surface area (Å²) in [4.78, 5) is 36.2. The molecular weight excluding hydrogens is 328 g/mol. The number of para-hydroxylation sites is 1. The van der Waals surface area contributed by atoms with Crippen LogP contribution in [0.25, 0.3) is 0 Å². The van der Waals surface area contributed by atoms with Crippen molar-refractivity contribution in [3.05, 3.63) is 30.3 Å². The van der Waals surface area contributed by atoms with E-state index in [1.165, 1.54) is 17.7 Å². The van der Waals surface area contributed by atoms with E-state index in [-0.39, 0.29) is 17.7 Å². The predicted molar refractivity (Wildman–Crippen MR) is 103 cm³/mol. The zero-order valence-corrected chi connectivity index (χ0v) is 15.5. The van der Waals surface area contributed by atoms with Gasteiger partial charge < -0.3 is 5.32 Å². The van der Waals surface area contributed by atoms with Gasteiger partial charge in [0.2, 0.25) is 17.7 Å². The van der Waals surface area contributed by atoms with Crippen LogP contribution in [0.15, 0.2) is 30.3 Å². The van der Waals surface area contributed by atoms with Gasteiger partial charge in [-0.3, -0.25) is 19.3 Å². The molecule has 5 heteroatoms. The first-order chi connectivity index (χ1) is 12.7. The minimum Gasteiger partial charge on any atom is -0.326 e. The Balaban J connectivity index is 1.38. The summed E-state index contributed by atoms with van der Waals surface area (Å²) in [6.45, 7) is 0.591. The lowest BCUT2D eigenvalue weighted by atomic mass is 10.1. The number of amides is 3. The van der Waals surface area contributed by atoms with Gasteiger partial charge in [0.25, 0.3) is 0 Å². The fourth-order valence-electron chi connectivity index (χ4n) is 3.23. The molecule has 1 aliphatic heterocycles. The third-order valence-corrected chi connectivity index (χ3v) is 4.75. The summed E-state index contributed by atoms with van der Waals surface area (Å²) in [5.41, 5.74) is 0.856. The molecule has 0 aromatic heterocycles. The second-order valence-electron chi connectivity index (χ2n) is 6.93. The van der Waals surface area contributed by atoms with Crippen LogP contribution in [0, 0.1) is 0 Å². The lowest BCUT2D eigenvalue weighted by molar-refractivity contribution is -0.138. The highest BCUT2D eigenvalue weighted by Crippen LogP contribution is 2.14. The minimum absolute atomic E-state index is 0.00805. The van der Waals surface area contributed by atoms with E-state index in [2.05, 4.69) is 5.32 Å². The van der Waals surface area contributed by atoms with E-state index in [1.54, 1.807) is 0 Å². The van der Waals surface area contributed by atoms with Crippen molar-refractivity contribution in [3.8, 4) is 0 Å². The number of nitrogens with one attached hydrogen (secondary N) is 1. The van der Waals surface area contributed by atoms with Crippen LogP contribution in [-0.4, -0.2) is 29.2 Å². The quantitative estimate of drug-likeness (QED) is 0.448. The van der Waals surface area contributed by atoms with Gasteiger partial charge in [-0.2, -0.15) is 0 Å². The highest BCUT2D eigenvalue weighted by Gasteiger charge is 2.27. The number of rotatable bonds is 12. The van der Waals surface area contributed by atoms with Crippen molar-refractivity contribution in [2.75, 3.05) is 11.9 Å². The molecule has 0 radical (unpaired) electrons. The standard InChI is InChI=1S/C21H30N2O3/c24-19(22-18-12-8-7-9-13-18)14-10-5-3-1-2-4-6-11-17-23-20(25)15-16-21(23)26/h7-9,12-13H,1-6,10-11,14-17H2,(H,22,24). The monoisotopic (exact) mass is 358 g/mol. The first kappa shape index (κ1) is 20.1. The molecule has 1 heterocycles. The van der Waals surface area contributed by atoms with Gasteiger partial charge in [0.15, 0.2) is 0 Å². The molecule has 3 amide bonds. The summed E-state index contributed by atoms with van der Waals surface area (Å²) in [6.07, 6.45) is 10.0. The number of anilines is 1. The summed E-state index contributed by atoms with van der Waals surface area (Å²) in [5, 5.41) is 2.91. The third kappa shape index (κ3) is 7.38. The lowest BCUT2D eigenvalue weighted by Crippen LogP contribution is -2.29. The maximum Gasteiger partial charge on any atom is 0.229 e. The molecular formula is C21H30N2O3. The summed E-state index contributed by atoms with van der Waals surface area (Å²) < 4.78 is 0. The molecule has 1 aromatic rings. The first-order valence-electron chi connectivity index (χ1n) is 9.85. The molecule has 1 N–H and O–H groups in total. The second kappa shape index (κ2) is 11.4. The van der Waals surface area contributed by atoms with Crippen LogP contribution < -0.4 is 5.32 Å². The Hall–Kier alpha value is -2.17. The van der Waals surface area contributed by atoms with Gasteiger partial charge in [0.1, 0.15) is 0 Å². The Morgan fingerprint density at radius 2 is 1.35 bits per heavy atom. The Kier molecular flexibility index (Phi) is 8.87. The summed E-state index contributed by atoms with van der Waals surface area (Å²) >= 11 is 0. The number of imide groups is 1. The molecule has 1 aliphatic rings. The lowest BCUT2D eigenvalue weighted by Gasteiger charge is -2.13. The van der Waals surface area contributed by atoms with E-state index in [4.69, 9.17) is 0 Å². The van der Waals surface area contributed by atoms with Crippen LogP contribution >= 0.6 is 0 Å². The van der Waals surface area contributed by atoms with Crippen molar-refractivity contribution < 1.29 is 14.4 Å². The van der Waals surface area contributed by atoms with Crippen LogP contribution in [0.3, 0.4) is 0 Å². The average Bonchev–Trinajstić information content (AvgIpc) is 2.96. The maximum atomic E-state index is 11.8. The number of benzene rings is 1. The number of hydrogen-bond donors (Lipinski definition) is 1. The molecule has 5 nitrogen and oxygen atoms in total. The van der Waals surface area contributed by atoms with E-state index in [1.807, 2.05) is 30.3 Å². The van der Waals surface area contributed by atoms with Crippen LogP contribution in [0.5, 0.6) is 0 Å². The molecule has 0 aliphatic carbocycles. The topological polar surface area (TPSA) is 66.5 Å². The van der Waals surface area contributed by atoms with Gasteiger partial charge in [-0.25, -0.2) is 0 Å². The fourth-order valence-corrected chi connectivity index (χ4v) is 3.23. The van der Waals surface area contributed by atoms with Crippen molar-refractivity contribution in [1.29, 1.82) is 0 Å². The zero-order chi connectivity index (χ0) is 18.6. The molecule has 0 unspecified atom stereocenters. The number of nitrogens with zero attached hydrogens (tertiary/aromatic N) is 1. The van der Waals surface area contributed by atoms with Crippen LogP contribution in [0.4, 0.5) is 5.69 Å². The summed E-state index contributed by atoms with van der Waals surface area (Å²) in [5.74, 6) is 0.0693. The van der Waals surface area contributed by atoms with Crippen molar-refractivity contribution >= 4 is 23.4 Å². The normalized spacial score (nSPS) is 14.1. The van der Waals surface area contributed by atoms with Crippen LogP contribution in [0.2, 0.25) is 0 Å². The molecule has 0 spiro atoms. The van der Waals surface area contributed by atoms with E-state index in [0.717, 1.165) is 44.2 Å². The molecule has 1 saturated heterocycles. The van der Waals surface area contributed by atoms with Gasteiger partial charge in [-0.15, -0.1) is 0 Å². The Morgan fingerprint density at radius 1 is 0.808 bits per heavy atom. The van der Waals surface area contributed by atoms with Crippen molar-refractivity contribution in [2.45, 2.75) is 70.6 Å². The van der Waals surface area contributed by atoms with E-state index in [0.29, 0.717) is 25.8 Å². The maximum absolute atomic E-state index is 11.8. The third-order valence-electron chi connectivity index (χ3n) is 4.75. The van der Waals surface area contributed by atoms with Crippen LogP contribution in [-0.2, 0) is 14.4 Å². The first-order valence-corrected chi connectivity index (χ1v) is 9.85. The van der Waals surface area contributed by atoms with Crippen molar-refractivity contribution in [1.82, 2.24) is 4.90 Å². The Morgan fingerprint density at radius 3 is 1.96 bits per heavy atom. The Bertz CT molecular complexity index is 570. The summed E-state index contributed by atoms with van der Waals surface area (Å²) in [6, 6.07) is 9.55. The number of hydrogen-bond acceptors (Lipinski definition) is 3. The van der Waals surface area contributed by atoms with Gasteiger partial charge in [-0.1, -0.05) is 56.7 Å². The summed E-state index contributed by atoms with van der Waals surface area (Å²) in [7, 11) is 0. The minimum atomic E-state index is -0.00805. The SMILES string of the molecule is O=C(CCCCCCCCCCN1C(=O)CCC1=O)Nc1ccccc1. The number of carbonyl (C=O) groups is 3. The number of unbranched alkanes of at least 4 members (excludes halogenated alkanes) is 7. The number of carbonyl (C=O) groups excluding carboxylic acids is 3. The highest BCUT2D eigenvalue weighted by molar-refractivity contribution is 6.01. The molecule has 1 fully saturated rings. The molecule has 142 valence electrons. The molecule has 1 aromatic carbocycles. The largest absolute Gasteiger partial charge is 0.326 e. The van der Waals surface area contributed by atoms with Gasteiger partial charge in [0.05, 0.1) is 0 Å². The van der Waals surface area contributed by atoms with Gasteiger partial charge in [0, 0.05) is 31.5 Å². The smallest absolute Gasteiger partial charge is 0.229 e. The molecule has 0 saturated carbocycles. The van der Waals surface area contributed by atoms with E-state index in [9.17, 15) is 14.4 Å². The predicted octanol–water partition coefficient (Wildman–Crippen LogP) is 4.29. The van der Waals surface area contributed by atoms with Crippen LogP contribution in [0.1, 0.15) is 70.6 Å². The molecule has 0 bridgehead atoms. The zero-order valence-electron chi connectivity index (χ0n) is 15.5. The Labute approximate surface area is 156 Å². The van der Waals surface area contributed by atoms with Gasteiger partial charge in [-0.05, 0) is 25.0 Å². The molecule has 0 atom stereocenters. The average molecular weight is 358 g/mol. The highest BCUT2D eigenvalue weighted by atomic mass is 16.2. The number of likely N-dealkylation sites (tertiary alicyclic amines) is 1. The van der Waals surface area contributed by atoms with E-state index < -0.39 is 0 Å². The van der Waals surface area contributed by atoms with E-state index >= 15 is 0 Å². The van der Waals surface area contributed by atoms with Gasteiger partial charge >= 0.3 is 0 Å². The molecule has 2 rings (SSSR count). The molecule has 26 heavy (non-hydrogen) atoms. The van der Waals surface area contributed by atoms with Crippen molar-refractivity contribution in [2.24, 2.45) is 0 Å². The second-order valence-corrected chi connectivity index (χ2v) is 6.93. The fraction of sp³-hybridized carbons (Fsp3) is 0.571.